The zero-order valence-corrected chi connectivity index (χ0v) is 28.2. The molecule has 4 rings (SSSR count). The number of carbonyl (C=O) groups is 2. The molecule has 0 aliphatic carbocycles. The normalized spacial score (nSPS) is 11.2. The second-order valence-electron chi connectivity index (χ2n) is 11.7. The molecule has 2 N–H and O–H groups in total. The van der Waals surface area contributed by atoms with Crippen molar-refractivity contribution in [2.75, 3.05) is 26.6 Å². The molecule has 1 amide bonds. The number of benzene rings is 4. The minimum absolute atomic E-state index is 0.0715. The largest absolute Gasteiger partial charge is 0.497 e. The van der Waals surface area contributed by atoms with Crippen LogP contribution in [0.1, 0.15) is 79.2 Å². The maximum atomic E-state index is 12.9. The predicted molar refractivity (Wildman–Crippen MR) is 187 cm³/mol. The van der Waals surface area contributed by atoms with Gasteiger partial charge < -0.3 is 29.4 Å². The summed E-state index contributed by atoms with van der Waals surface area (Å²) in [5.41, 5.74) is 3.87. The Morgan fingerprint density at radius 3 is 1.71 bits per heavy atom. The van der Waals surface area contributed by atoms with Gasteiger partial charge in [-0.1, -0.05) is 86.3 Å². The average molecular weight is 654 g/mol. The van der Waals surface area contributed by atoms with Crippen LogP contribution in [0.3, 0.4) is 0 Å². The van der Waals surface area contributed by atoms with Gasteiger partial charge in [0.2, 0.25) is 5.91 Å². The van der Waals surface area contributed by atoms with Crippen LogP contribution < -0.4 is 14.8 Å². The van der Waals surface area contributed by atoms with Crippen molar-refractivity contribution in [3.63, 3.8) is 0 Å². The van der Waals surface area contributed by atoms with Gasteiger partial charge in [-0.25, -0.2) is 0 Å². The Labute approximate surface area is 284 Å². The molecule has 0 spiro atoms. The number of amides is 1. The van der Waals surface area contributed by atoms with Gasteiger partial charge >= 0.3 is 5.97 Å². The predicted octanol–water partition coefficient (Wildman–Crippen LogP) is 7.94. The summed E-state index contributed by atoms with van der Waals surface area (Å²) in [7, 11) is 4.69. The molecule has 0 aromatic heterocycles. The molecule has 4 aromatic rings. The van der Waals surface area contributed by atoms with E-state index in [-0.39, 0.29) is 25.1 Å². The molecule has 48 heavy (non-hydrogen) atoms. The molecule has 0 radical (unpaired) electrons. The van der Waals surface area contributed by atoms with Gasteiger partial charge in [0.05, 0.1) is 34.5 Å². The number of rotatable bonds is 19. The van der Waals surface area contributed by atoms with Crippen LogP contribution in [0.15, 0.2) is 97.1 Å². The fourth-order valence-electron chi connectivity index (χ4n) is 5.86. The molecule has 0 heterocycles. The third kappa shape index (κ3) is 9.92. The van der Waals surface area contributed by atoms with Crippen molar-refractivity contribution in [2.45, 2.75) is 70.2 Å². The summed E-state index contributed by atoms with van der Waals surface area (Å²) < 4.78 is 22.6. The molecular formula is C40H47NO7. The van der Waals surface area contributed by atoms with Crippen molar-refractivity contribution in [2.24, 2.45) is 0 Å². The number of aliphatic hydroxyl groups is 1. The van der Waals surface area contributed by atoms with Crippen molar-refractivity contribution in [1.82, 2.24) is 0 Å². The first-order chi connectivity index (χ1) is 23.4. The number of nitrogens with one attached hydrogen (secondary N) is 1. The number of esters is 1. The second-order valence-corrected chi connectivity index (χ2v) is 11.7. The SMILES string of the molecule is COC(=O)CCCCCCCCC(=O)Nc1cc(CO)cc(COC(c2ccccc2)(c2ccc(OC)cc2)c2ccc(OC)cc2)c1. The molecule has 0 saturated heterocycles. The van der Waals surface area contributed by atoms with E-state index in [0.29, 0.717) is 24.1 Å². The third-order valence-corrected chi connectivity index (χ3v) is 8.41. The van der Waals surface area contributed by atoms with Gasteiger partial charge in [-0.15, -0.1) is 0 Å². The molecule has 0 fully saturated rings. The molecule has 8 heteroatoms. The zero-order chi connectivity index (χ0) is 34.2. The Balaban J connectivity index is 1.52. The van der Waals surface area contributed by atoms with E-state index in [1.165, 1.54) is 7.11 Å². The van der Waals surface area contributed by atoms with E-state index in [2.05, 4.69) is 10.1 Å². The molecule has 254 valence electrons. The van der Waals surface area contributed by atoms with Gasteiger partial charge in [0.15, 0.2) is 0 Å². The van der Waals surface area contributed by atoms with Crippen LogP contribution in [0.4, 0.5) is 5.69 Å². The standard InChI is InChI=1S/C40H47NO7/c1-45-36-21-17-33(18-22-36)40(32-13-9-8-10-14-32,34-19-23-37(46-2)24-20-34)48-29-31-25-30(28-42)26-35(27-31)41-38(43)15-11-6-4-5-7-12-16-39(44)47-3/h8-10,13-14,17-27,42H,4-7,11-12,15-16,28-29H2,1-3H3,(H,41,43). The lowest BCUT2D eigenvalue weighted by molar-refractivity contribution is -0.140. The summed E-state index contributed by atoms with van der Waals surface area (Å²) in [6.45, 7) is 0.0210. The Hall–Kier alpha value is -4.66. The molecule has 0 bridgehead atoms. The number of hydrogen-bond acceptors (Lipinski definition) is 7. The Bertz CT molecular complexity index is 1520. The zero-order valence-electron chi connectivity index (χ0n) is 28.2. The molecule has 4 aromatic carbocycles. The number of hydrogen-bond donors (Lipinski definition) is 2. The van der Waals surface area contributed by atoms with E-state index >= 15 is 0 Å². The lowest BCUT2D eigenvalue weighted by atomic mass is 9.80. The third-order valence-electron chi connectivity index (χ3n) is 8.41. The Morgan fingerprint density at radius 1 is 0.646 bits per heavy atom. The highest BCUT2D eigenvalue weighted by Crippen LogP contribution is 2.42. The van der Waals surface area contributed by atoms with Gasteiger partial charge in [-0.05, 0) is 77.1 Å². The molecular weight excluding hydrogens is 606 g/mol. The lowest BCUT2D eigenvalue weighted by Gasteiger charge is -2.36. The highest BCUT2D eigenvalue weighted by atomic mass is 16.5. The topological polar surface area (TPSA) is 103 Å². The van der Waals surface area contributed by atoms with Gasteiger partial charge in [-0.2, -0.15) is 0 Å². The minimum atomic E-state index is -1.00. The Kier molecular flexibility index (Phi) is 14.0. The maximum Gasteiger partial charge on any atom is 0.305 e. The van der Waals surface area contributed by atoms with E-state index in [0.717, 1.165) is 72.3 Å². The minimum Gasteiger partial charge on any atom is -0.497 e. The quantitative estimate of drug-likeness (QED) is 0.0602. The van der Waals surface area contributed by atoms with Crippen LogP contribution in [-0.2, 0) is 37.9 Å². The first kappa shape index (κ1) is 36.2. The van der Waals surface area contributed by atoms with Crippen LogP contribution >= 0.6 is 0 Å². The highest BCUT2D eigenvalue weighted by Gasteiger charge is 2.38. The van der Waals surface area contributed by atoms with E-state index in [9.17, 15) is 14.7 Å². The second kappa shape index (κ2) is 18.6. The van der Waals surface area contributed by atoms with Crippen molar-refractivity contribution < 1.29 is 33.6 Å². The van der Waals surface area contributed by atoms with Crippen molar-refractivity contribution in [3.05, 3.63) is 125 Å². The van der Waals surface area contributed by atoms with Crippen LogP contribution in [0.2, 0.25) is 0 Å². The molecule has 0 aliphatic rings. The molecule has 8 nitrogen and oxygen atoms in total. The lowest BCUT2D eigenvalue weighted by Crippen LogP contribution is -2.32. The molecule has 0 atom stereocenters. The van der Waals surface area contributed by atoms with Crippen molar-refractivity contribution >= 4 is 17.6 Å². The highest BCUT2D eigenvalue weighted by molar-refractivity contribution is 5.90. The van der Waals surface area contributed by atoms with E-state index in [1.54, 1.807) is 20.3 Å². The van der Waals surface area contributed by atoms with Crippen molar-refractivity contribution in [3.8, 4) is 11.5 Å². The smallest absolute Gasteiger partial charge is 0.305 e. The summed E-state index contributed by atoms with van der Waals surface area (Å²) in [5.74, 6) is 1.23. The van der Waals surface area contributed by atoms with Crippen LogP contribution in [0.5, 0.6) is 11.5 Å². The average Bonchev–Trinajstić information content (AvgIpc) is 3.13. The van der Waals surface area contributed by atoms with E-state index in [4.69, 9.17) is 14.2 Å². The number of unbranched alkanes of at least 4 members (excludes halogenated alkanes) is 5. The molecule has 0 unspecified atom stereocenters. The maximum absolute atomic E-state index is 12.9. The summed E-state index contributed by atoms with van der Waals surface area (Å²) in [6, 6.07) is 31.4. The van der Waals surface area contributed by atoms with E-state index in [1.807, 2.05) is 91.0 Å². The van der Waals surface area contributed by atoms with Crippen LogP contribution in [-0.4, -0.2) is 38.3 Å². The molecule has 0 saturated carbocycles. The summed E-state index contributed by atoms with van der Waals surface area (Å²) in [4.78, 5) is 24.1. The first-order valence-corrected chi connectivity index (χ1v) is 16.5. The number of anilines is 1. The number of methoxy groups -OCH3 is 3. The fourth-order valence-corrected chi connectivity index (χ4v) is 5.86. The fraction of sp³-hybridized carbons (Fsp3) is 0.350. The van der Waals surface area contributed by atoms with E-state index < -0.39 is 5.60 Å². The van der Waals surface area contributed by atoms with Crippen molar-refractivity contribution in [1.29, 1.82) is 0 Å². The van der Waals surface area contributed by atoms with Gasteiger partial charge in [0.25, 0.3) is 0 Å². The Morgan fingerprint density at radius 2 is 1.17 bits per heavy atom. The summed E-state index contributed by atoms with van der Waals surface area (Å²) in [5, 5.41) is 13.1. The monoisotopic (exact) mass is 653 g/mol. The summed E-state index contributed by atoms with van der Waals surface area (Å²) in [6.07, 6.45) is 6.43. The first-order valence-electron chi connectivity index (χ1n) is 16.5. The van der Waals surface area contributed by atoms with Gasteiger partial charge in [0.1, 0.15) is 17.1 Å². The molecule has 0 aliphatic heterocycles. The van der Waals surface area contributed by atoms with Gasteiger partial charge in [0, 0.05) is 18.5 Å². The summed E-state index contributed by atoms with van der Waals surface area (Å²) >= 11 is 0. The number of aliphatic hydroxyl groups excluding tert-OH is 1. The van der Waals surface area contributed by atoms with Crippen LogP contribution in [0.25, 0.3) is 0 Å². The van der Waals surface area contributed by atoms with Crippen LogP contribution in [0, 0.1) is 0 Å². The van der Waals surface area contributed by atoms with Gasteiger partial charge in [-0.3, -0.25) is 9.59 Å². The number of ether oxygens (including phenoxy) is 4. The number of carbonyl (C=O) groups excluding carboxylic acids is 2.